The molecule has 6 heteroatoms. The molecule has 0 atom stereocenters. The number of aromatic nitrogens is 3. The summed E-state index contributed by atoms with van der Waals surface area (Å²) in [7, 11) is 3.47. The molecule has 0 aromatic carbocycles. The average Bonchev–Trinajstić information content (AvgIpc) is 2.38. The highest BCUT2D eigenvalue weighted by atomic mass is 16.5. The fourth-order valence-electron chi connectivity index (χ4n) is 1.74. The third-order valence-electron chi connectivity index (χ3n) is 2.65. The first kappa shape index (κ1) is 13.1. The lowest BCUT2D eigenvalue weighted by molar-refractivity contribution is 0.397. The predicted octanol–water partition coefficient (Wildman–Crippen LogP) is 1.41. The molecular formula is C13H17N5O. The molecule has 0 saturated heterocycles. The van der Waals surface area contributed by atoms with Crippen LogP contribution in [0.4, 0.5) is 11.8 Å². The first-order chi connectivity index (χ1) is 9.08. The smallest absolute Gasteiger partial charge is 0.225 e. The van der Waals surface area contributed by atoms with Crippen LogP contribution >= 0.6 is 0 Å². The fourth-order valence-corrected chi connectivity index (χ4v) is 1.74. The zero-order chi connectivity index (χ0) is 13.8. The molecule has 0 unspecified atom stereocenters. The number of hydrogen-bond acceptors (Lipinski definition) is 6. The van der Waals surface area contributed by atoms with Crippen LogP contribution in [0.25, 0.3) is 0 Å². The van der Waals surface area contributed by atoms with Gasteiger partial charge in [-0.15, -0.1) is 0 Å². The van der Waals surface area contributed by atoms with E-state index < -0.39 is 0 Å². The van der Waals surface area contributed by atoms with Crippen molar-refractivity contribution in [3.8, 4) is 5.88 Å². The van der Waals surface area contributed by atoms with Crippen molar-refractivity contribution in [2.24, 2.45) is 0 Å². The van der Waals surface area contributed by atoms with Gasteiger partial charge in [0.15, 0.2) is 0 Å². The number of methoxy groups -OCH3 is 1. The zero-order valence-electron chi connectivity index (χ0n) is 11.3. The van der Waals surface area contributed by atoms with Gasteiger partial charge in [-0.3, -0.25) is 4.98 Å². The second-order valence-electron chi connectivity index (χ2n) is 4.25. The summed E-state index contributed by atoms with van der Waals surface area (Å²) in [5.74, 6) is 1.35. The van der Waals surface area contributed by atoms with Gasteiger partial charge < -0.3 is 15.4 Å². The Bertz CT molecular complexity index is 573. The molecule has 2 aromatic rings. The topological polar surface area (TPSA) is 77.2 Å². The SMILES string of the molecule is COc1cc(N(C)Cc2cccc(C)n2)nc(N)n1. The van der Waals surface area contributed by atoms with Gasteiger partial charge in [-0.1, -0.05) is 6.07 Å². The number of anilines is 2. The van der Waals surface area contributed by atoms with Crippen LogP contribution in [0.15, 0.2) is 24.3 Å². The predicted molar refractivity (Wildman–Crippen MR) is 74.1 cm³/mol. The average molecular weight is 259 g/mol. The van der Waals surface area contributed by atoms with Gasteiger partial charge in [-0.2, -0.15) is 9.97 Å². The summed E-state index contributed by atoms with van der Waals surface area (Å²) in [5.41, 5.74) is 7.61. The summed E-state index contributed by atoms with van der Waals surface area (Å²) in [6.45, 7) is 2.61. The van der Waals surface area contributed by atoms with Gasteiger partial charge in [0.1, 0.15) is 5.82 Å². The zero-order valence-corrected chi connectivity index (χ0v) is 11.3. The molecule has 0 radical (unpaired) electrons. The van der Waals surface area contributed by atoms with E-state index in [1.165, 1.54) is 0 Å². The Morgan fingerprint density at radius 1 is 1.26 bits per heavy atom. The van der Waals surface area contributed by atoms with Crippen LogP contribution < -0.4 is 15.4 Å². The van der Waals surface area contributed by atoms with Gasteiger partial charge in [0, 0.05) is 18.8 Å². The van der Waals surface area contributed by atoms with E-state index in [1.807, 2.05) is 37.1 Å². The van der Waals surface area contributed by atoms with Crippen LogP contribution in [0.2, 0.25) is 0 Å². The van der Waals surface area contributed by atoms with Crippen molar-refractivity contribution in [2.45, 2.75) is 13.5 Å². The molecule has 100 valence electrons. The van der Waals surface area contributed by atoms with E-state index in [-0.39, 0.29) is 5.95 Å². The summed E-state index contributed by atoms with van der Waals surface area (Å²) in [6.07, 6.45) is 0. The second-order valence-corrected chi connectivity index (χ2v) is 4.25. The highest BCUT2D eigenvalue weighted by molar-refractivity contribution is 5.45. The lowest BCUT2D eigenvalue weighted by Crippen LogP contribution is -2.19. The van der Waals surface area contributed by atoms with Crippen LogP contribution in [-0.2, 0) is 6.54 Å². The maximum Gasteiger partial charge on any atom is 0.225 e. The van der Waals surface area contributed by atoms with Crippen LogP contribution in [0, 0.1) is 6.92 Å². The first-order valence-electron chi connectivity index (χ1n) is 5.90. The van der Waals surface area contributed by atoms with Crippen molar-refractivity contribution in [2.75, 3.05) is 24.8 Å². The molecule has 0 aliphatic heterocycles. The van der Waals surface area contributed by atoms with Crippen molar-refractivity contribution in [1.82, 2.24) is 15.0 Å². The third-order valence-corrected chi connectivity index (χ3v) is 2.65. The molecule has 2 rings (SSSR count). The standard InChI is InChI=1S/C13H17N5O/c1-9-5-4-6-10(15-9)8-18(2)11-7-12(19-3)17-13(14)16-11/h4-7H,8H2,1-3H3,(H2,14,16,17). The van der Waals surface area contributed by atoms with Gasteiger partial charge in [-0.25, -0.2) is 0 Å². The molecule has 0 aliphatic rings. The van der Waals surface area contributed by atoms with E-state index >= 15 is 0 Å². The Hall–Kier alpha value is -2.37. The number of nitrogen functional groups attached to an aromatic ring is 1. The monoisotopic (exact) mass is 259 g/mol. The van der Waals surface area contributed by atoms with Crippen molar-refractivity contribution in [1.29, 1.82) is 0 Å². The third kappa shape index (κ3) is 3.31. The van der Waals surface area contributed by atoms with Crippen LogP contribution in [0.1, 0.15) is 11.4 Å². The van der Waals surface area contributed by atoms with Crippen molar-refractivity contribution in [3.63, 3.8) is 0 Å². The number of aryl methyl sites for hydroxylation is 1. The summed E-state index contributed by atoms with van der Waals surface area (Å²) in [4.78, 5) is 14.5. The molecule has 0 fully saturated rings. The van der Waals surface area contributed by atoms with E-state index in [2.05, 4.69) is 15.0 Å². The minimum absolute atomic E-state index is 0.193. The van der Waals surface area contributed by atoms with Gasteiger partial charge in [0.05, 0.1) is 19.3 Å². The van der Waals surface area contributed by atoms with E-state index in [0.29, 0.717) is 18.2 Å². The van der Waals surface area contributed by atoms with E-state index in [1.54, 1.807) is 13.2 Å². The Balaban J connectivity index is 2.20. The van der Waals surface area contributed by atoms with Crippen molar-refractivity contribution < 1.29 is 4.74 Å². The number of ether oxygens (including phenoxy) is 1. The highest BCUT2D eigenvalue weighted by Crippen LogP contribution is 2.18. The summed E-state index contributed by atoms with van der Waals surface area (Å²) >= 11 is 0. The number of nitrogens with zero attached hydrogens (tertiary/aromatic N) is 4. The molecular weight excluding hydrogens is 242 g/mol. The van der Waals surface area contributed by atoms with Gasteiger partial charge in [0.25, 0.3) is 0 Å². The van der Waals surface area contributed by atoms with Crippen molar-refractivity contribution >= 4 is 11.8 Å². The van der Waals surface area contributed by atoms with Crippen LogP contribution in [0.5, 0.6) is 5.88 Å². The van der Waals surface area contributed by atoms with Crippen LogP contribution in [-0.4, -0.2) is 29.1 Å². The minimum atomic E-state index is 0.193. The van der Waals surface area contributed by atoms with Crippen molar-refractivity contribution in [3.05, 3.63) is 35.7 Å². The summed E-state index contributed by atoms with van der Waals surface area (Å²) < 4.78 is 5.08. The highest BCUT2D eigenvalue weighted by Gasteiger charge is 2.08. The summed E-state index contributed by atoms with van der Waals surface area (Å²) in [6, 6.07) is 7.67. The van der Waals surface area contributed by atoms with Gasteiger partial charge in [-0.05, 0) is 19.1 Å². The van der Waals surface area contributed by atoms with Gasteiger partial charge in [0.2, 0.25) is 11.8 Å². The molecule has 0 aliphatic carbocycles. The normalized spacial score (nSPS) is 10.3. The number of pyridine rings is 1. The lowest BCUT2D eigenvalue weighted by Gasteiger charge is -2.18. The number of nitrogens with two attached hydrogens (primary N) is 1. The van der Waals surface area contributed by atoms with E-state index in [4.69, 9.17) is 10.5 Å². The molecule has 2 aromatic heterocycles. The quantitative estimate of drug-likeness (QED) is 0.894. The molecule has 2 heterocycles. The molecule has 0 bridgehead atoms. The molecule has 6 nitrogen and oxygen atoms in total. The van der Waals surface area contributed by atoms with E-state index in [9.17, 15) is 0 Å². The maximum absolute atomic E-state index is 5.65. The van der Waals surface area contributed by atoms with Gasteiger partial charge >= 0.3 is 0 Å². The van der Waals surface area contributed by atoms with E-state index in [0.717, 1.165) is 11.4 Å². The molecule has 2 N–H and O–H groups in total. The molecule has 19 heavy (non-hydrogen) atoms. The molecule has 0 amide bonds. The Kier molecular flexibility index (Phi) is 3.79. The summed E-state index contributed by atoms with van der Waals surface area (Å²) in [5, 5.41) is 0. The minimum Gasteiger partial charge on any atom is -0.481 e. The Morgan fingerprint density at radius 2 is 2.05 bits per heavy atom. The number of hydrogen-bond donors (Lipinski definition) is 1. The Morgan fingerprint density at radius 3 is 2.74 bits per heavy atom. The molecule has 0 saturated carbocycles. The fraction of sp³-hybridized carbons (Fsp3) is 0.308. The molecule has 0 spiro atoms. The second kappa shape index (κ2) is 5.51. The largest absolute Gasteiger partial charge is 0.481 e. The Labute approximate surface area is 112 Å². The van der Waals surface area contributed by atoms with Crippen LogP contribution in [0.3, 0.4) is 0 Å². The first-order valence-corrected chi connectivity index (χ1v) is 5.90. The lowest BCUT2D eigenvalue weighted by atomic mass is 10.3. The maximum atomic E-state index is 5.65. The number of rotatable bonds is 4.